The van der Waals surface area contributed by atoms with Crippen LogP contribution in [0.3, 0.4) is 0 Å². The number of hydrogen-bond acceptors (Lipinski definition) is 1. The molecule has 0 unspecified atom stereocenters. The van der Waals surface area contributed by atoms with Crippen LogP contribution >= 0.6 is 9.53 Å². The summed E-state index contributed by atoms with van der Waals surface area (Å²) < 4.78 is 7.12. The number of aryl methyl sites for hydroxylation is 6. The van der Waals surface area contributed by atoms with Crippen molar-refractivity contribution in [2.45, 2.75) is 48.1 Å². The first-order chi connectivity index (χ1) is 16.6. The van der Waals surface area contributed by atoms with Crippen LogP contribution in [-0.4, -0.2) is 28.1 Å². The van der Waals surface area contributed by atoms with E-state index < -0.39 is 15.3 Å². The predicted molar refractivity (Wildman–Crippen MR) is 146 cm³/mol. The summed E-state index contributed by atoms with van der Waals surface area (Å²) in [7, 11) is 11.8. The summed E-state index contributed by atoms with van der Waals surface area (Å²) in [6, 6.07) is 17.7. The Morgan fingerprint density at radius 3 is 1.57 bits per heavy atom. The zero-order valence-corrected chi connectivity index (χ0v) is 24.3. The number of benzene rings is 3. The molecule has 4 rings (SSSR count). The number of rotatable bonds is 5. The molecule has 0 radical (unpaired) electrons. The summed E-state index contributed by atoms with van der Waals surface area (Å²) in [6.07, 6.45) is 4.40. The second-order valence-electron chi connectivity index (χ2n) is 9.77. The van der Waals surface area contributed by atoms with E-state index in [1.54, 1.807) is 0 Å². The van der Waals surface area contributed by atoms with Gasteiger partial charge in [-0.15, -0.1) is 0 Å². The van der Waals surface area contributed by atoms with Crippen molar-refractivity contribution in [2.24, 2.45) is 0 Å². The number of aromatic nitrogens is 2. The monoisotopic (exact) mass is 579 g/mol. The molecular formula is C30H36ClN3Pd. The van der Waals surface area contributed by atoms with Gasteiger partial charge in [-0.2, -0.15) is 0 Å². The van der Waals surface area contributed by atoms with Crippen molar-refractivity contribution in [3.63, 3.8) is 0 Å². The van der Waals surface area contributed by atoms with Crippen LogP contribution in [0.5, 0.6) is 0 Å². The van der Waals surface area contributed by atoms with Crippen molar-refractivity contribution in [1.82, 2.24) is 14.0 Å². The average molecular weight is 581 g/mol. The third kappa shape index (κ3) is 5.18. The fraction of sp³-hybridized carbons (Fsp3) is 0.300. The molecule has 0 saturated heterocycles. The normalized spacial score (nSPS) is 11.9. The molecule has 3 aromatic carbocycles. The first kappa shape index (κ1) is 25.9. The second kappa shape index (κ2) is 10.4. The second-order valence-corrected chi connectivity index (χ2v) is 13.7. The van der Waals surface area contributed by atoms with Crippen LogP contribution in [0.4, 0.5) is 0 Å². The summed E-state index contributed by atoms with van der Waals surface area (Å²) in [5.41, 5.74) is 11.4. The molecule has 0 atom stereocenters. The Kier molecular flexibility index (Phi) is 7.69. The van der Waals surface area contributed by atoms with Gasteiger partial charge in [-0.05, 0) is 0 Å². The molecule has 35 heavy (non-hydrogen) atoms. The van der Waals surface area contributed by atoms with E-state index >= 15 is 0 Å². The molecule has 0 saturated carbocycles. The van der Waals surface area contributed by atoms with E-state index in [4.69, 9.17) is 9.53 Å². The van der Waals surface area contributed by atoms with E-state index in [1.807, 2.05) is 0 Å². The van der Waals surface area contributed by atoms with Gasteiger partial charge in [0, 0.05) is 0 Å². The van der Waals surface area contributed by atoms with Crippen molar-refractivity contribution >= 4 is 13.6 Å². The molecule has 188 valence electrons. The van der Waals surface area contributed by atoms with E-state index in [0.29, 0.717) is 0 Å². The summed E-state index contributed by atoms with van der Waals surface area (Å²) >= 11 is -1.84. The minimum absolute atomic E-state index is 0.868. The molecule has 1 aromatic heterocycles. The minimum atomic E-state index is -1.84. The Morgan fingerprint density at radius 1 is 0.714 bits per heavy atom. The van der Waals surface area contributed by atoms with Crippen LogP contribution in [0.15, 0.2) is 60.9 Å². The Balaban J connectivity index is 2.15. The summed E-state index contributed by atoms with van der Waals surface area (Å²) in [5.74, 6) is 0. The third-order valence-corrected chi connectivity index (χ3v) is 10.4. The number of imidazole rings is 1. The zero-order chi connectivity index (χ0) is 25.4. The van der Waals surface area contributed by atoms with Gasteiger partial charge in [0.25, 0.3) is 0 Å². The maximum absolute atomic E-state index is 7.60. The molecule has 3 nitrogen and oxygen atoms in total. The molecule has 0 N–H and O–H groups in total. The topological polar surface area (TPSA) is 13.1 Å². The Labute approximate surface area is 219 Å². The predicted octanol–water partition coefficient (Wildman–Crippen LogP) is 6.81. The number of nitrogens with zero attached hydrogens (tertiary/aromatic N) is 3. The standard InChI is InChI=1S/C21H24N2.C9H12N.ClH.Pd/c1-14-9-16(3)20(17(4)10-14)22-7-8-23(13-22)21-18(5)11-15(2)12-19(21)6;1-10(2)8-9-6-4-3-5-7-9;;/h7-12H,1-6H3;3-6H,8H2,1-2H3;1H;/q;;;+1/p-1. The molecule has 0 amide bonds. The van der Waals surface area contributed by atoms with Crippen LogP contribution in [0.2, 0.25) is 0 Å². The molecule has 0 aliphatic rings. The van der Waals surface area contributed by atoms with E-state index in [2.05, 4.69) is 131 Å². The fourth-order valence-corrected chi connectivity index (χ4v) is 9.13. The van der Waals surface area contributed by atoms with Gasteiger partial charge in [-0.3, -0.25) is 0 Å². The van der Waals surface area contributed by atoms with Crippen molar-refractivity contribution in [3.05, 3.63) is 104 Å². The first-order valence-corrected chi connectivity index (χ1v) is 15.4. The summed E-state index contributed by atoms with van der Waals surface area (Å²) in [6.45, 7) is 14.0. The molecule has 1 heterocycles. The molecule has 0 aliphatic heterocycles. The van der Waals surface area contributed by atoms with Gasteiger partial charge in [0.05, 0.1) is 0 Å². The van der Waals surface area contributed by atoms with E-state index in [0.717, 1.165) is 10.4 Å². The summed E-state index contributed by atoms with van der Waals surface area (Å²) in [4.78, 5) is 2.21. The van der Waals surface area contributed by atoms with Crippen molar-refractivity contribution in [3.8, 4) is 11.4 Å². The molecular weight excluding hydrogens is 544 g/mol. The molecule has 0 spiro atoms. The van der Waals surface area contributed by atoms with Gasteiger partial charge in [-0.1, -0.05) is 0 Å². The summed E-state index contributed by atoms with van der Waals surface area (Å²) in [5, 5.41) is 0. The Hall–Kier alpha value is -2.22. The third-order valence-electron chi connectivity index (χ3n) is 6.17. The quantitative estimate of drug-likeness (QED) is 0.237. The van der Waals surface area contributed by atoms with Gasteiger partial charge in [-0.25, -0.2) is 0 Å². The SMILES string of the molecule is Cc1cc(C)c(-n2ccn(-c3c(C)cc(C)cc3C)[c]2=[Pd]([Cl])[c]2ccccc2CN(C)C)c(C)c1. The van der Waals surface area contributed by atoms with Crippen LogP contribution in [0, 0.1) is 45.4 Å². The molecule has 5 heteroatoms. The van der Waals surface area contributed by atoms with E-state index in [9.17, 15) is 0 Å². The van der Waals surface area contributed by atoms with Crippen LogP contribution < -0.4 is 4.04 Å². The molecule has 0 aliphatic carbocycles. The molecule has 4 aromatic rings. The Morgan fingerprint density at radius 2 is 1.14 bits per heavy atom. The molecule has 0 fully saturated rings. The average Bonchev–Trinajstić information content (AvgIpc) is 3.15. The van der Waals surface area contributed by atoms with Gasteiger partial charge in [0.1, 0.15) is 0 Å². The van der Waals surface area contributed by atoms with Crippen LogP contribution in [-0.2, 0) is 21.8 Å². The van der Waals surface area contributed by atoms with Gasteiger partial charge < -0.3 is 0 Å². The van der Waals surface area contributed by atoms with E-state index in [1.165, 1.54) is 54.4 Å². The number of halogens is 1. The molecule has 0 bridgehead atoms. The van der Waals surface area contributed by atoms with E-state index in [-0.39, 0.29) is 0 Å². The van der Waals surface area contributed by atoms with Gasteiger partial charge in [0.15, 0.2) is 0 Å². The van der Waals surface area contributed by atoms with Crippen LogP contribution in [0.1, 0.15) is 38.9 Å². The van der Waals surface area contributed by atoms with Crippen molar-refractivity contribution < 1.29 is 15.3 Å². The van der Waals surface area contributed by atoms with Gasteiger partial charge >= 0.3 is 220 Å². The van der Waals surface area contributed by atoms with Crippen molar-refractivity contribution in [1.29, 1.82) is 0 Å². The zero-order valence-electron chi connectivity index (χ0n) is 22.0. The van der Waals surface area contributed by atoms with Crippen molar-refractivity contribution in [2.75, 3.05) is 14.1 Å². The van der Waals surface area contributed by atoms with Crippen LogP contribution in [0.25, 0.3) is 11.4 Å². The fourth-order valence-electron chi connectivity index (χ4n) is 5.08. The Bertz CT molecular complexity index is 1350. The first-order valence-electron chi connectivity index (χ1n) is 11.9. The van der Waals surface area contributed by atoms with Gasteiger partial charge in [0.2, 0.25) is 0 Å². The number of hydrogen-bond donors (Lipinski definition) is 0. The maximum atomic E-state index is 7.60.